The summed E-state index contributed by atoms with van der Waals surface area (Å²) in [5.74, 6) is 1.13. The van der Waals surface area contributed by atoms with Crippen LogP contribution in [0.25, 0.3) is 16.9 Å². The Hall–Kier alpha value is -3.52. The van der Waals surface area contributed by atoms with Gasteiger partial charge in [0, 0.05) is 12.7 Å². The number of benzene rings is 2. The quantitative estimate of drug-likeness (QED) is 0.500. The first-order chi connectivity index (χ1) is 13.9. The molecule has 4 rings (SSSR count). The Labute approximate surface area is 171 Å². The van der Waals surface area contributed by atoms with Crippen molar-refractivity contribution >= 4 is 40.0 Å². The second kappa shape index (κ2) is 7.14. The van der Waals surface area contributed by atoms with E-state index >= 15 is 0 Å². The van der Waals surface area contributed by atoms with Gasteiger partial charge in [0.05, 0.1) is 30.0 Å². The minimum absolute atomic E-state index is 0.254. The van der Waals surface area contributed by atoms with Gasteiger partial charge in [0.2, 0.25) is 5.95 Å². The number of fused-ring (bicyclic) bond motifs is 1. The summed E-state index contributed by atoms with van der Waals surface area (Å²) in [4.78, 5) is 21.6. The number of hydrogen-bond acceptors (Lipinski definition) is 6. The fourth-order valence-electron chi connectivity index (χ4n) is 3.16. The molecule has 2 aromatic carbocycles. The van der Waals surface area contributed by atoms with E-state index in [9.17, 15) is 4.79 Å². The van der Waals surface area contributed by atoms with Gasteiger partial charge in [0.25, 0.3) is 0 Å². The highest BCUT2D eigenvalue weighted by Crippen LogP contribution is 2.32. The lowest BCUT2D eigenvalue weighted by atomic mass is 10.1. The molecule has 0 amide bonds. The number of ether oxygens (including phenoxy) is 1. The number of methoxy groups -OCH3 is 1. The van der Waals surface area contributed by atoms with Crippen LogP contribution in [0.15, 0.2) is 47.4 Å². The molecule has 0 unspecified atom stereocenters. The maximum Gasteiger partial charge on any atom is 0.334 e. The van der Waals surface area contributed by atoms with Crippen LogP contribution in [-0.4, -0.2) is 26.2 Å². The summed E-state index contributed by atoms with van der Waals surface area (Å²) < 4.78 is 8.42. The zero-order valence-electron chi connectivity index (χ0n) is 16.1. The van der Waals surface area contributed by atoms with Crippen LogP contribution in [0.3, 0.4) is 0 Å². The number of hydrogen-bond donors (Lipinski definition) is 2. The zero-order valence-corrected chi connectivity index (χ0v) is 16.9. The third-order valence-corrected chi connectivity index (χ3v) is 5.00. The van der Waals surface area contributed by atoms with Crippen LogP contribution in [0.5, 0.6) is 5.75 Å². The molecule has 29 heavy (non-hydrogen) atoms. The van der Waals surface area contributed by atoms with Crippen molar-refractivity contribution in [3.63, 3.8) is 0 Å². The maximum absolute atomic E-state index is 12.8. The van der Waals surface area contributed by atoms with Crippen molar-refractivity contribution in [3.8, 4) is 11.6 Å². The first-order valence-electron chi connectivity index (χ1n) is 8.81. The van der Waals surface area contributed by atoms with Gasteiger partial charge >= 0.3 is 5.69 Å². The molecule has 2 heterocycles. The van der Waals surface area contributed by atoms with E-state index in [0.29, 0.717) is 22.6 Å². The van der Waals surface area contributed by atoms with Gasteiger partial charge in [0.15, 0.2) is 5.82 Å². The molecule has 0 saturated heterocycles. The summed E-state index contributed by atoms with van der Waals surface area (Å²) in [6, 6.07) is 11.0. The molecule has 3 N–H and O–H groups in total. The number of aryl methyl sites for hydroxylation is 2. The average molecular weight is 411 g/mol. The van der Waals surface area contributed by atoms with Crippen molar-refractivity contribution in [2.75, 3.05) is 18.2 Å². The van der Waals surface area contributed by atoms with E-state index in [1.165, 1.54) is 10.8 Å². The third kappa shape index (κ3) is 3.17. The second-order valence-corrected chi connectivity index (χ2v) is 6.97. The van der Waals surface area contributed by atoms with Crippen molar-refractivity contribution in [2.45, 2.75) is 6.92 Å². The van der Waals surface area contributed by atoms with Crippen molar-refractivity contribution in [1.29, 1.82) is 0 Å². The van der Waals surface area contributed by atoms with E-state index in [1.54, 1.807) is 24.8 Å². The molecule has 8 nitrogen and oxygen atoms in total. The normalized spacial score (nSPS) is 11.0. The Kier molecular flexibility index (Phi) is 4.63. The van der Waals surface area contributed by atoms with Crippen LogP contribution in [0.2, 0.25) is 5.02 Å². The van der Waals surface area contributed by atoms with Gasteiger partial charge in [-0.1, -0.05) is 23.7 Å². The number of aromatic nitrogens is 4. The molecule has 4 aromatic rings. The molecule has 0 radical (unpaired) electrons. The SMILES string of the molecule is COc1cc(C)c(N)cc1Nc1ncc(Cl)c(-n2c(=O)n(C)c3ccccc32)n1. The van der Waals surface area contributed by atoms with Gasteiger partial charge in [-0.3, -0.25) is 4.57 Å². The molecule has 0 fully saturated rings. The van der Waals surface area contributed by atoms with E-state index in [4.69, 9.17) is 22.1 Å². The summed E-state index contributed by atoms with van der Waals surface area (Å²) in [6.07, 6.45) is 1.45. The number of halogens is 1. The van der Waals surface area contributed by atoms with Gasteiger partial charge in [-0.15, -0.1) is 0 Å². The highest BCUT2D eigenvalue weighted by Gasteiger charge is 2.17. The van der Waals surface area contributed by atoms with Crippen LogP contribution < -0.4 is 21.5 Å². The lowest BCUT2D eigenvalue weighted by molar-refractivity contribution is 0.416. The fraction of sp³-hybridized carbons (Fsp3) is 0.150. The maximum atomic E-state index is 12.8. The van der Waals surface area contributed by atoms with Crippen LogP contribution in [0.4, 0.5) is 17.3 Å². The van der Waals surface area contributed by atoms with E-state index in [-0.39, 0.29) is 22.5 Å². The molecule has 0 atom stereocenters. The van der Waals surface area contributed by atoms with Gasteiger partial charge in [-0.05, 0) is 36.8 Å². The highest BCUT2D eigenvalue weighted by atomic mass is 35.5. The van der Waals surface area contributed by atoms with Crippen LogP contribution in [-0.2, 0) is 7.05 Å². The summed E-state index contributed by atoms with van der Waals surface area (Å²) in [7, 11) is 3.27. The Balaban J connectivity index is 1.85. The monoisotopic (exact) mass is 410 g/mol. The molecule has 2 aromatic heterocycles. The van der Waals surface area contributed by atoms with Gasteiger partial charge in [-0.2, -0.15) is 4.98 Å². The molecular formula is C20H19ClN6O2. The van der Waals surface area contributed by atoms with E-state index < -0.39 is 0 Å². The van der Waals surface area contributed by atoms with Gasteiger partial charge in [0.1, 0.15) is 10.8 Å². The van der Waals surface area contributed by atoms with Gasteiger partial charge < -0.3 is 15.8 Å². The molecule has 0 bridgehead atoms. The largest absolute Gasteiger partial charge is 0.495 e. The zero-order chi connectivity index (χ0) is 20.7. The average Bonchev–Trinajstić information content (AvgIpc) is 2.97. The minimum Gasteiger partial charge on any atom is -0.495 e. The highest BCUT2D eigenvalue weighted by molar-refractivity contribution is 6.32. The van der Waals surface area contributed by atoms with Crippen molar-refractivity contribution in [1.82, 2.24) is 19.1 Å². The lowest BCUT2D eigenvalue weighted by Gasteiger charge is -2.13. The number of anilines is 3. The third-order valence-electron chi connectivity index (χ3n) is 4.73. The summed E-state index contributed by atoms with van der Waals surface area (Å²) in [5.41, 5.74) is 9.34. The topological polar surface area (TPSA) is 100.0 Å². The van der Waals surface area contributed by atoms with Crippen LogP contribution in [0.1, 0.15) is 5.56 Å². The smallest absolute Gasteiger partial charge is 0.334 e. The molecule has 0 aliphatic rings. The summed E-state index contributed by atoms with van der Waals surface area (Å²) >= 11 is 6.35. The fourth-order valence-corrected chi connectivity index (χ4v) is 3.33. The molecule has 0 spiro atoms. The van der Waals surface area contributed by atoms with E-state index in [1.807, 2.05) is 37.3 Å². The number of para-hydroxylation sites is 2. The number of nitrogens with one attached hydrogen (secondary N) is 1. The Bertz CT molecular complexity index is 1290. The van der Waals surface area contributed by atoms with E-state index in [0.717, 1.165) is 11.1 Å². The van der Waals surface area contributed by atoms with Crippen molar-refractivity contribution in [2.24, 2.45) is 7.05 Å². The lowest BCUT2D eigenvalue weighted by Crippen LogP contribution is -2.22. The molecule has 0 aliphatic carbocycles. The Morgan fingerprint density at radius 2 is 1.93 bits per heavy atom. The Morgan fingerprint density at radius 3 is 2.66 bits per heavy atom. The Morgan fingerprint density at radius 1 is 1.21 bits per heavy atom. The number of nitrogens with two attached hydrogens (primary N) is 1. The van der Waals surface area contributed by atoms with E-state index in [2.05, 4.69) is 15.3 Å². The predicted molar refractivity (Wildman–Crippen MR) is 115 cm³/mol. The summed E-state index contributed by atoms with van der Waals surface area (Å²) in [6.45, 7) is 1.89. The second-order valence-electron chi connectivity index (χ2n) is 6.56. The first-order valence-corrected chi connectivity index (χ1v) is 9.19. The van der Waals surface area contributed by atoms with Crippen molar-refractivity contribution in [3.05, 3.63) is 63.7 Å². The molecule has 0 saturated carbocycles. The van der Waals surface area contributed by atoms with Crippen LogP contribution >= 0.6 is 11.6 Å². The predicted octanol–water partition coefficient (Wildman–Crippen LogP) is 3.42. The standard InChI is InChI=1S/C20H19ClN6O2/c1-11-8-17(29-3)14(9-13(11)22)24-19-23-10-12(21)18(25-19)27-16-7-5-4-6-15(16)26(2)20(27)28/h4-10H,22H2,1-3H3,(H,23,24,25). The molecular weight excluding hydrogens is 392 g/mol. The van der Waals surface area contributed by atoms with Crippen LogP contribution in [0, 0.1) is 6.92 Å². The number of imidazole rings is 1. The molecule has 148 valence electrons. The number of nitrogens with zero attached hydrogens (tertiary/aromatic N) is 4. The molecule has 9 heteroatoms. The number of rotatable bonds is 4. The summed E-state index contributed by atoms with van der Waals surface area (Å²) in [5, 5.41) is 3.35. The van der Waals surface area contributed by atoms with Crippen molar-refractivity contribution < 1.29 is 4.74 Å². The number of nitrogen functional groups attached to an aromatic ring is 1. The van der Waals surface area contributed by atoms with Gasteiger partial charge in [-0.25, -0.2) is 14.3 Å². The minimum atomic E-state index is -0.255. The first kappa shape index (κ1) is 18.8. The molecule has 0 aliphatic heterocycles.